The summed E-state index contributed by atoms with van der Waals surface area (Å²) in [7, 11) is 0. The predicted octanol–water partition coefficient (Wildman–Crippen LogP) is 5.70. The van der Waals surface area contributed by atoms with E-state index in [1.165, 1.54) is 56.9 Å². The summed E-state index contributed by atoms with van der Waals surface area (Å²) >= 11 is 0. The third kappa shape index (κ3) is 4.87. The largest absolute Gasteiger partial charge is 0.489 e. The number of benzene rings is 1. The lowest BCUT2D eigenvalue weighted by Gasteiger charge is -2.40. The van der Waals surface area contributed by atoms with Gasteiger partial charge in [0.05, 0.1) is 6.42 Å². The zero-order valence-corrected chi connectivity index (χ0v) is 15.3. The van der Waals surface area contributed by atoms with Gasteiger partial charge in [0.15, 0.2) is 0 Å². The zero-order valence-electron chi connectivity index (χ0n) is 15.3. The first-order valence-corrected chi connectivity index (χ1v) is 9.69. The maximum absolute atomic E-state index is 10.8. The van der Waals surface area contributed by atoms with Crippen LogP contribution in [0.4, 0.5) is 0 Å². The van der Waals surface area contributed by atoms with E-state index in [-0.39, 0.29) is 12.3 Å². The van der Waals surface area contributed by atoms with Crippen molar-refractivity contribution in [1.29, 1.82) is 0 Å². The lowest BCUT2D eigenvalue weighted by Crippen LogP contribution is -2.28. The SMILES string of the molecule is C[C@@H](CC(=O)O)c1ccc(OCC2=CCCC3(CCCCC3)C2)cc1. The molecule has 1 saturated carbocycles. The molecule has 1 spiro atoms. The number of rotatable bonds is 6. The summed E-state index contributed by atoms with van der Waals surface area (Å²) in [5, 5.41) is 8.90. The summed E-state index contributed by atoms with van der Waals surface area (Å²) in [6.07, 6.45) is 13.3. The fraction of sp³-hybridized carbons (Fsp3) is 0.591. The summed E-state index contributed by atoms with van der Waals surface area (Å²) in [6.45, 7) is 2.63. The molecule has 0 amide bonds. The van der Waals surface area contributed by atoms with Gasteiger partial charge in [-0.3, -0.25) is 4.79 Å². The Morgan fingerprint density at radius 3 is 2.56 bits per heavy atom. The van der Waals surface area contributed by atoms with Gasteiger partial charge in [-0.1, -0.05) is 44.4 Å². The van der Waals surface area contributed by atoms with Gasteiger partial charge in [-0.05, 0) is 66.7 Å². The van der Waals surface area contributed by atoms with Crippen LogP contribution in [0, 0.1) is 5.41 Å². The monoisotopic (exact) mass is 342 g/mol. The molecule has 1 fully saturated rings. The lowest BCUT2D eigenvalue weighted by atomic mass is 9.65. The van der Waals surface area contributed by atoms with Crippen LogP contribution < -0.4 is 4.74 Å². The van der Waals surface area contributed by atoms with Crippen molar-refractivity contribution in [2.45, 2.75) is 70.6 Å². The highest BCUT2D eigenvalue weighted by atomic mass is 16.5. The molecule has 0 saturated heterocycles. The lowest BCUT2D eigenvalue weighted by molar-refractivity contribution is -0.137. The Hall–Kier alpha value is -1.77. The number of carboxylic acid groups (broad SMARTS) is 1. The van der Waals surface area contributed by atoms with E-state index in [1.807, 2.05) is 31.2 Å². The topological polar surface area (TPSA) is 46.5 Å². The second-order valence-corrected chi connectivity index (χ2v) is 8.00. The van der Waals surface area contributed by atoms with E-state index in [9.17, 15) is 4.79 Å². The molecule has 0 aliphatic heterocycles. The molecule has 0 heterocycles. The molecular formula is C22H30O3. The van der Waals surface area contributed by atoms with Crippen LogP contribution in [-0.2, 0) is 4.79 Å². The Morgan fingerprint density at radius 1 is 1.16 bits per heavy atom. The third-order valence-corrected chi connectivity index (χ3v) is 5.98. The second-order valence-electron chi connectivity index (χ2n) is 8.00. The summed E-state index contributed by atoms with van der Waals surface area (Å²) in [6, 6.07) is 7.91. The van der Waals surface area contributed by atoms with Crippen LogP contribution >= 0.6 is 0 Å². The van der Waals surface area contributed by atoms with Crippen LogP contribution in [0.1, 0.15) is 76.2 Å². The Bertz CT molecular complexity index is 609. The molecule has 3 heteroatoms. The second kappa shape index (κ2) is 8.07. The van der Waals surface area contributed by atoms with Crippen LogP contribution in [0.15, 0.2) is 35.9 Å². The first-order valence-electron chi connectivity index (χ1n) is 9.69. The Morgan fingerprint density at radius 2 is 1.88 bits per heavy atom. The average Bonchev–Trinajstić information content (AvgIpc) is 2.61. The standard InChI is InChI=1S/C22H30O3/c1-17(14-21(23)24)19-7-9-20(10-8-19)25-16-18-6-5-13-22(15-18)11-3-2-4-12-22/h6-10,17H,2-5,11-16H2,1H3,(H,23,24)/t17-/m0/s1. The van der Waals surface area contributed by atoms with Crippen LogP contribution in [-0.4, -0.2) is 17.7 Å². The highest BCUT2D eigenvalue weighted by Crippen LogP contribution is 2.47. The first-order chi connectivity index (χ1) is 12.1. The molecule has 0 bridgehead atoms. The molecule has 0 radical (unpaired) electrons. The third-order valence-electron chi connectivity index (χ3n) is 5.98. The molecule has 1 N–H and O–H groups in total. The quantitative estimate of drug-likeness (QED) is 0.674. The maximum Gasteiger partial charge on any atom is 0.303 e. The van der Waals surface area contributed by atoms with Gasteiger partial charge in [0, 0.05) is 0 Å². The van der Waals surface area contributed by atoms with Gasteiger partial charge in [0.25, 0.3) is 0 Å². The predicted molar refractivity (Wildman–Crippen MR) is 100 cm³/mol. The summed E-state index contributed by atoms with van der Waals surface area (Å²) in [4.78, 5) is 10.8. The van der Waals surface area contributed by atoms with Gasteiger partial charge < -0.3 is 9.84 Å². The number of hydrogen-bond acceptors (Lipinski definition) is 2. The van der Waals surface area contributed by atoms with Crippen molar-refractivity contribution in [1.82, 2.24) is 0 Å². The Balaban J connectivity index is 1.53. The minimum absolute atomic E-state index is 0.0266. The molecule has 25 heavy (non-hydrogen) atoms. The summed E-state index contributed by atoms with van der Waals surface area (Å²) in [5.41, 5.74) is 3.06. The number of carbonyl (C=O) groups is 1. The van der Waals surface area contributed by atoms with E-state index in [1.54, 1.807) is 0 Å². The number of carboxylic acids is 1. The molecule has 0 aromatic heterocycles. The molecule has 136 valence electrons. The van der Waals surface area contributed by atoms with E-state index in [0.29, 0.717) is 12.0 Å². The van der Waals surface area contributed by atoms with Crippen LogP contribution in [0.5, 0.6) is 5.75 Å². The summed E-state index contributed by atoms with van der Waals surface area (Å²) < 4.78 is 6.01. The maximum atomic E-state index is 10.8. The van der Waals surface area contributed by atoms with Gasteiger partial charge >= 0.3 is 5.97 Å². The molecule has 1 atom stereocenters. The van der Waals surface area contributed by atoms with Crippen molar-refractivity contribution in [3.05, 3.63) is 41.5 Å². The Labute approximate surface area is 151 Å². The van der Waals surface area contributed by atoms with Gasteiger partial charge in [0.2, 0.25) is 0 Å². The highest BCUT2D eigenvalue weighted by Gasteiger charge is 2.34. The van der Waals surface area contributed by atoms with Crippen molar-refractivity contribution in [2.75, 3.05) is 6.61 Å². The minimum Gasteiger partial charge on any atom is -0.489 e. The van der Waals surface area contributed by atoms with Gasteiger partial charge in [-0.15, -0.1) is 0 Å². The molecule has 2 aliphatic carbocycles. The smallest absolute Gasteiger partial charge is 0.303 e. The molecule has 3 rings (SSSR count). The van der Waals surface area contributed by atoms with Gasteiger partial charge in [-0.2, -0.15) is 0 Å². The first kappa shape index (κ1) is 18.0. The number of hydrogen-bond donors (Lipinski definition) is 1. The van der Waals surface area contributed by atoms with Crippen LogP contribution in [0.25, 0.3) is 0 Å². The van der Waals surface area contributed by atoms with Crippen molar-refractivity contribution in [3.8, 4) is 5.75 Å². The molecule has 0 unspecified atom stereocenters. The number of allylic oxidation sites excluding steroid dienone is 1. The highest BCUT2D eigenvalue weighted by molar-refractivity contribution is 5.67. The number of aliphatic carboxylic acids is 1. The number of ether oxygens (including phenoxy) is 1. The fourth-order valence-corrected chi connectivity index (χ4v) is 4.51. The molecular weight excluding hydrogens is 312 g/mol. The van der Waals surface area contributed by atoms with E-state index in [4.69, 9.17) is 9.84 Å². The average molecular weight is 342 g/mol. The van der Waals surface area contributed by atoms with Crippen molar-refractivity contribution in [3.63, 3.8) is 0 Å². The summed E-state index contributed by atoms with van der Waals surface area (Å²) in [5.74, 6) is 0.142. The van der Waals surface area contributed by atoms with Crippen LogP contribution in [0.3, 0.4) is 0 Å². The van der Waals surface area contributed by atoms with Gasteiger partial charge in [-0.25, -0.2) is 0 Å². The molecule has 3 nitrogen and oxygen atoms in total. The van der Waals surface area contributed by atoms with Crippen molar-refractivity contribution in [2.24, 2.45) is 5.41 Å². The Kier molecular flexibility index (Phi) is 5.82. The van der Waals surface area contributed by atoms with Crippen molar-refractivity contribution < 1.29 is 14.6 Å². The van der Waals surface area contributed by atoms with Gasteiger partial charge in [0.1, 0.15) is 12.4 Å². The minimum atomic E-state index is -0.756. The van der Waals surface area contributed by atoms with E-state index in [0.717, 1.165) is 11.3 Å². The molecule has 1 aromatic carbocycles. The van der Waals surface area contributed by atoms with E-state index >= 15 is 0 Å². The van der Waals surface area contributed by atoms with Crippen LogP contribution in [0.2, 0.25) is 0 Å². The molecule has 1 aromatic rings. The van der Waals surface area contributed by atoms with E-state index in [2.05, 4.69) is 6.08 Å². The normalized spacial score (nSPS) is 20.8. The van der Waals surface area contributed by atoms with E-state index < -0.39 is 5.97 Å². The fourth-order valence-electron chi connectivity index (χ4n) is 4.51. The zero-order chi connectivity index (χ0) is 17.7. The van der Waals surface area contributed by atoms with Crippen molar-refractivity contribution >= 4 is 5.97 Å². The molecule has 2 aliphatic rings.